The predicted molar refractivity (Wildman–Crippen MR) is 117 cm³/mol. The van der Waals surface area contributed by atoms with Crippen molar-refractivity contribution in [1.29, 1.82) is 0 Å². The second kappa shape index (κ2) is 7.64. The maximum atomic E-state index is 13.2. The Kier molecular flexibility index (Phi) is 5.15. The Labute approximate surface area is 178 Å². The third kappa shape index (κ3) is 3.60. The SMILES string of the molecule is Cc1cc(-c2cc(C(=O)Nc3nnc(C(C)C)s3)c3cnn(C(C)C)c3n2)c(C)o1. The van der Waals surface area contributed by atoms with Crippen LogP contribution < -0.4 is 5.32 Å². The maximum Gasteiger partial charge on any atom is 0.258 e. The lowest BCUT2D eigenvalue weighted by Gasteiger charge is -2.10. The highest BCUT2D eigenvalue weighted by Gasteiger charge is 2.21. The molecule has 1 N–H and O–H groups in total. The Morgan fingerprint density at radius 3 is 2.53 bits per heavy atom. The van der Waals surface area contributed by atoms with E-state index < -0.39 is 0 Å². The molecule has 0 aliphatic rings. The number of hydrogen-bond acceptors (Lipinski definition) is 7. The molecule has 0 aromatic carbocycles. The number of pyridine rings is 1. The molecule has 0 radical (unpaired) electrons. The van der Waals surface area contributed by atoms with Gasteiger partial charge >= 0.3 is 0 Å². The van der Waals surface area contributed by atoms with Crippen molar-refractivity contribution in [1.82, 2.24) is 25.0 Å². The lowest BCUT2D eigenvalue weighted by Crippen LogP contribution is -2.13. The fourth-order valence-corrected chi connectivity index (χ4v) is 4.03. The average molecular weight is 425 g/mol. The van der Waals surface area contributed by atoms with Gasteiger partial charge in [-0.05, 0) is 39.8 Å². The van der Waals surface area contributed by atoms with E-state index in [1.807, 2.05) is 52.3 Å². The van der Waals surface area contributed by atoms with Crippen molar-refractivity contribution in [2.24, 2.45) is 0 Å². The van der Waals surface area contributed by atoms with E-state index in [9.17, 15) is 4.79 Å². The molecule has 4 aromatic rings. The van der Waals surface area contributed by atoms with E-state index in [0.29, 0.717) is 27.4 Å². The van der Waals surface area contributed by atoms with Crippen LogP contribution in [0.15, 0.2) is 22.7 Å². The number of amides is 1. The van der Waals surface area contributed by atoms with Crippen LogP contribution in [0.2, 0.25) is 0 Å². The zero-order valence-electron chi connectivity index (χ0n) is 17.8. The molecular formula is C21H24N6O2S. The van der Waals surface area contributed by atoms with Gasteiger partial charge in [-0.15, -0.1) is 10.2 Å². The fourth-order valence-electron chi connectivity index (χ4n) is 3.29. The maximum absolute atomic E-state index is 13.2. The number of anilines is 1. The summed E-state index contributed by atoms with van der Waals surface area (Å²) in [5.41, 5.74) is 2.68. The molecule has 0 aliphatic heterocycles. The molecule has 0 fully saturated rings. The summed E-state index contributed by atoms with van der Waals surface area (Å²) in [6.07, 6.45) is 1.69. The van der Waals surface area contributed by atoms with E-state index in [4.69, 9.17) is 9.40 Å². The second-order valence-corrected chi connectivity index (χ2v) is 8.87. The van der Waals surface area contributed by atoms with Crippen molar-refractivity contribution < 1.29 is 9.21 Å². The predicted octanol–water partition coefficient (Wildman–Crippen LogP) is 5.12. The number of rotatable bonds is 5. The lowest BCUT2D eigenvalue weighted by atomic mass is 10.1. The summed E-state index contributed by atoms with van der Waals surface area (Å²) in [6.45, 7) is 11.9. The Balaban J connectivity index is 1.82. The Morgan fingerprint density at radius 2 is 1.93 bits per heavy atom. The minimum atomic E-state index is -0.267. The summed E-state index contributed by atoms with van der Waals surface area (Å²) < 4.78 is 7.50. The summed E-state index contributed by atoms with van der Waals surface area (Å²) in [5.74, 6) is 1.54. The number of aromatic nitrogens is 5. The van der Waals surface area contributed by atoms with Gasteiger partial charge < -0.3 is 4.42 Å². The van der Waals surface area contributed by atoms with Gasteiger partial charge in [0.05, 0.1) is 22.8 Å². The number of furan rings is 1. The third-order valence-corrected chi connectivity index (χ3v) is 5.91. The Morgan fingerprint density at radius 1 is 1.17 bits per heavy atom. The highest BCUT2D eigenvalue weighted by molar-refractivity contribution is 7.15. The lowest BCUT2D eigenvalue weighted by molar-refractivity contribution is 0.102. The first-order valence-electron chi connectivity index (χ1n) is 9.85. The molecule has 1 amide bonds. The molecule has 4 aromatic heterocycles. The Bertz CT molecular complexity index is 1230. The molecule has 4 rings (SSSR count). The van der Waals surface area contributed by atoms with Gasteiger partial charge in [0.25, 0.3) is 5.91 Å². The first-order valence-corrected chi connectivity index (χ1v) is 10.7. The van der Waals surface area contributed by atoms with E-state index in [1.54, 1.807) is 12.3 Å². The van der Waals surface area contributed by atoms with E-state index >= 15 is 0 Å². The smallest absolute Gasteiger partial charge is 0.258 e. The van der Waals surface area contributed by atoms with Gasteiger partial charge in [-0.2, -0.15) is 5.10 Å². The molecule has 0 bridgehead atoms. The van der Waals surface area contributed by atoms with Gasteiger partial charge in [0.2, 0.25) is 5.13 Å². The van der Waals surface area contributed by atoms with Crippen LogP contribution in [0, 0.1) is 13.8 Å². The van der Waals surface area contributed by atoms with Crippen LogP contribution in [0.3, 0.4) is 0 Å². The molecule has 0 spiro atoms. The van der Waals surface area contributed by atoms with Crippen LogP contribution >= 0.6 is 11.3 Å². The molecule has 156 valence electrons. The minimum absolute atomic E-state index is 0.102. The number of hydrogen-bond donors (Lipinski definition) is 1. The summed E-state index contributed by atoms with van der Waals surface area (Å²) in [5, 5.41) is 17.6. The normalized spacial score (nSPS) is 11.7. The fraction of sp³-hybridized carbons (Fsp3) is 0.381. The van der Waals surface area contributed by atoms with Crippen molar-refractivity contribution in [2.45, 2.75) is 53.5 Å². The first-order chi connectivity index (χ1) is 14.2. The topological polar surface area (TPSA) is 98.7 Å². The number of carbonyl (C=O) groups excluding carboxylic acids is 1. The number of nitrogens with zero attached hydrogens (tertiary/aromatic N) is 5. The summed E-state index contributed by atoms with van der Waals surface area (Å²) >= 11 is 1.38. The number of aryl methyl sites for hydroxylation is 2. The Hall–Kier alpha value is -3.07. The van der Waals surface area contributed by atoms with Gasteiger partial charge in [-0.3, -0.25) is 10.1 Å². The average Bonchev–Trinajstić information content (AvgIpc) is 3.38. The molecule has 9 heteroatoms. The molecule has 0 saturated carbocycles. The largest absolute Gasteiger partial charge is 0.466 e. The summed E-state index contributed by atoms with van der Waals surface area (Å²) in [6, 6.07) is 3.82. The van der Waals surface area contributed by atoms with E-state index in [1.165, 1.54) is 11.3 Å². The van der Waals surface area contributed by atoms with Crippen molar-refractivity contribution in [3.63, 3.8) is 0 Å². The van der Waals surface area contributed by atoms with Crippen LogP contribution in [0.25, 0.3) is 22.3 Å². The van der Waals surface area contributed by atoms with Crippen molar-refractivity contribution >= 4 is 33.4 Å². The highest BCUT2D eigenvalue weighted by atomic mass is 32.1. The second-order valence-electron chi connectivity index (χ2n) is 7.86. The quantitative estimate of drug-likeness (QED) is 0.478. The van der Waals surface area contributed by atoms with E-state index in [0.717, 1.165) is 22.1 Å². The zero-order chi connectivity index (χ0) is 21.6. The van der Waals surface area contributed by atoms with Crippen molar-refractivity contribution in [3.05, 3.63) is 40.4 Å². The summed E-state index contributed by atoms with van der Waals surface area (Å²) in [7, 11) is 0. The molecule has 4 heterocycles. The number of fused-ring (bicyclic) bond motifs is 1. The van der Waals surface area contributed by atoms with Crippen molar-refractivity contribution in [3.8, 4) is 11.3 Å². The number of nitrogens with one attached hydrogen (secondary N) is 1. The van der Waals surface area contributed by atoms with Gasteiger partial charge in [0.1, 0.15) is 16.5 Å². The van der Waals surface area contributed by atoms with Gasteiger partial charge in [0, 0.05) is 17.5 Å². The highest BCUT2D eigenvalue weighted by Crippen LogP contribution is 2.31. The van der Waals surface area contributed by atoms with Crippen LogP contribution in [-0.2, 0) is 0 Å². The zero-order valence-corrected chi connectivity index (χ0v) is 18.7. The molecule has 8 nitrogen and oxygen atoms in total. The molecule has 0 atom stereocenters. The van der Waals surface area contributed by atoms with E-state index in [2.05, 4.69) is 20.6 Å². The molecule has 0 saturated heterocycles. The number of carbonyl (C=O) groups is 1. The van der Waals surface area contributed by atoms with Crippen molar-refractivity contribution in [2.75, 3.05) is 5.32 Å². The molecule has 0 aliphatic carbocycles. The van der Waals surface area contributed by atoms with Gasteiger partial charge in [-0.25, -0.2) is 9.67 Å². The molecular weight excluding hydrogens is 400 g/mol. The van der Waals surface area contributed by atoms with E-state index in [-0.39, 0.29) is 17.9 Å². The van der Waals surface area contributed by atoms with Crippen LogP contribution in [-0.4, -0.2) is 30.9 Å². The molecule has 0 unspecified atom stereocenters. The van der Waals surface area contributed by atoms with Gasteiger partial charge in [0.15, 0.2) is 5.65 Å². The van der Waals surface area contributed by atoms with Crippen LogP contribution in [0.4, 0.5) is 5.13 Å². The first kappa shape index (κ1) is 20.2. The monoisotopic (exact) mass is 424 g/mol. The van der Waals surface area contributed by atoms with Crippen LogP contribution in [0.1, 0.15) is 66.5 Å². The van der Waals surface area contributed by atoms with Gasteiger partial charge in [-0.1, -0.05) is 25.2 Å². The molecule has 30 heavy (non-hydrogen) atoms. The van der Waals surface area contributed by atoms with Crippen LogP contribution in [0.5, 0.6) is 0 Å². The standard InChI is InChI=1S/C21H24N6O2S/c1-10(2)20-25-26-21(30-20)24-19(28)15-8-17(14-7-12(5)29-13(14)6)23-18-16(15)9-22-27(18)11(3)4/h7-11H,1-6H3,(H,24,26,28). The minimum Gasteiger partial charge on any atom is -0.466 e. The third-order valence-electron chi connectivity index (χ3n) is 4.77. The summed E-state index contributed by atoms with van der Waals surface area (Å²) in [4.78, 5) is 18.0.